The molecule has 0 aromatic heterocycles. The van der Waals surface area contributed by atoms with Gasteiger partial charge in [0.25, 0.3) is 0 Å². The van der Waals surface area contributed by atoms with Crippen molar-refractivity contribution in [3.8, 4) is 0 Å². The smallest absolute Gasteiger partial charge is 0.331 e. The monoisotopic (exact) mass is 232 g/mol. The van der Waals surface area contributed by atoms with Crippen LogP contribution in [0.4, 0.5) is 0 Å². The number of rotatable bonds is 2. The molecule has 0 aromatic rings. The molecular weight excluding hydrogens is 212 g/mol. The maximum Gasteiger partial charge on any atom is 0.331 e. The molecule has 0 N–H and O–H groups in total. The van der Waals surface area contributed by atoms with Gasteiger partial charge in [-0.05, 0) is 62.7 Å². The third-order valence-corrected chi connectivity index (χ3v) is 3.51. The fourth-order valence-corrected chi connectivity index (χ4v) is 2.67. The molecule has 0 aromatic carbocycles. The van der Waals surface area contributed by atoms with E-state index < -0.39 is 0 Å². The summed E-state index contributed by atoms with van der Waals surface area (Å²) in [4.78, 5) is 11.4. The van der Waals surface area contributed by atoms with E-state index in [0.717, 1.165) is 24.8 Å². The Morgan fingerprint density at radius 3 is 2.94 bits per heavy atom. The zero-order valence-corrected chi connectivity index (χ0v) is 10.7. The van der Waals surface area contributed by atoms with E-state index in [1.54, 1.807) is 6.08 Å². The summed E-state index contributed by atoms with van der Waals surface area (Å²) in [5, 5.41) is 0. The number of carbonyl (C=O) groups excluding carboxylic acids is 1. The average Bonchev–Trinajstić information content (AvgIpc) is 2.29. The van der Waals surface area contributed by atoms with Crippen LogP contribution in [0.25, 0.3) is 0 Å². The Balaban J connectivity index is 2.18. The van der Waals surface area contributed by atoms with Crippen LogP contribution in [0, 0.1) is 0 Å². The third kappa shape index (κ3) is 2.87. The summed E-state index contributed by atoms with van der Waals surface area (Å²) in [6.45, 7) is 4.52. The van der Waals surface area contributed by atoms with Gasteiger partial charge in [-0.3, -0.25) is 0 Å². The molecule has 17 heavy (non-hydrogen) atoms. The van der Waals surface area contributed by atoms with Gasteiger partial charge in [0.1, 0.15) is 0 Å². The maximum atomic E-state index is 11.4. The summed E-state index contributed by atoms with van der Waals surface area (Å²) in [5.41, 5.74) is 5.64. The molecule has 0 radical (unpaired) electrons. The first kappa shape index (κ1) is 12.2. The summed E-state index contributed by atoms with van der Waals surface area (Å²) in [6, 6.07) is 0. The highest BCUT2D eigenvalue weighted by atomic mass is 16.5. The first-order valence-electron chi connectivity index (χ1n) is 6.47. The molecule has 0 heterocycles. The van der Waals surface area contributed by atoms with Crippen molar-refractivity contribution in [3.05, 3.63) is 34.4 Å². The van der Waals surface area contributed by atoms with Gasteiger partial charge in [-0.25, -0.2) is 4.79 Å². The Bertz CT molecular complexity index is 411. The highest BCUT2D eigenvalue weighted by Gasteiger charge is 2.19. The van der Waals surface area contributed by atoms with Gasteiger partial charge in [0.15, 0.2) is 0 Å². The van der Waals surface area contributed by atoms with E-state index in [4.69, 9.17) is 4.74 Å². The Hall–Kier alpha value is -1.31. The molecule has 92 valence electrons. The SMILES string of the molecule is CCOC(=O)C=C1C=C2CCCC(C)=C2CC1. The molecule has 0 saturated carbocycles. The van der Waals surface area contributed by atoms with E-state index in [1.807, 2.05) is 6.92 Å². The van der Waals surface area contributed by atoms with E-state index in [2.05, 4.69) is 13.0 Å². The number of hydrogen-bond acceptors (Lipinski definition) is 2. The lowest BCUT2D eigenvalue weighted by molar-refractivity contribution is -0.137. The van der Waals surface area contributed by atoms with Gasteiger partial charge in [-0.2, -0.15) is 0 Å². The highest BCUT2D eigenvalue weighted by molar-refractivity contribution is 5.83. The molecule has 0 fully saturated rings. The number of allylic oxidation sites excluding steroid dienone is 5. The van der Waals surface area contributed by atoms with Crippen LogP contribution in [0.15, 0.2) is 34.4 Å². The van der Waals surface area contributed by atoms with Crippen molar-refractivity contribution in [1.29, 1.82) is 0 Å². The number of hydrogen-bond donors (Lipinski definition) is 0. The zero-order chi connectivity index (χ0) is 12.3. The van der Waals surface area contributed by atoms with Crippen LogP contribution in [0.1, 0.15) is 46.0 Å². The van der Waals surface area contributed by atoms with Gasteiger partial charge in [-0.15, -0.1) is 0 Å². The zero-order valence-electron chi connectivity index (χ0n) is 10.7. The number of fused-ring (bicyclic) bond motifs is 1. The van der Waals surface area contributed by atoms with Gasteiger partial charge in [0, 0.05) is 6.08 Å². The normalized spacial score (nSPS) is 22.2. The number of carbonyl (C=O) groups is 1. The molecular formula is C15H20O2. The summed E-state index contributed by atoms with van der Waals surface area (Å²) in [7, 11) is 0. The second-order valence-electron chi connectivity index (χ2n) is 4.75. The van der Waals surface area contributed by atoms with Gasteiger partial charge >= 0.3 is 5.97 Å². The lowest BCUT2D eigenvalue weighted by atomic mass is 9.80. The predicted molar refractivity (Wildman–Crippen MR) is 68.6 cm³/mol. The largest absolute Gasteiger partial charge is 0.463 e. The van der Waals surface area contributed by atoms with Crippen molar-refractivity contribution < 1.29 is 9.53 Å². The van der Waals surface area contributed by atoms with Gasteiger partial charge in [-0.1, -0.05) is 11.6 Å². The quantitative estimate of drug-likeness (QED) is 0.536. The van der Waals surface area contributed by atoms with Crippen LogP contribution >= 0.6 is 0 Å². The fourth-order valence-electron chi connectivity index (χ4n) is 2.67. The average molecular weight is 232 g/mol. The second kappa shape index (κ2) is 5.35. The second-order valence-corrected chi connectivity index (χ2v) is 4.75. The number of esters is 1. The molecule has 2 nitrogen and oxygen atoms in total. The maximum absolute atomic E-state index is 11.4. The minimum Gasteiger partial charge on any atom is -0.463 e. The van der Waals surface area contributed by atoms with E-state index >= 15 is 0 Å². The Kier molecular flexibility index (Phi) is 3.82. The van der Waals surface area contributed by atoms with Crippen molar-refractivity contribution in [2.24, 2.45) is 0 Å². The lowest BCUT2D eigenvalue weighted by Gasteiger charge is -2.25. The van der Waals surface area contributed by atoms with Crippen molar-refractivity contribution in [1.82, 2.24) is 0 Å². The first-order chi connectivity index (χ1) is 8.20. The standard InChI is InChI=1S/C15H20O2/c1-3-17-15(16)10-12-7-8-14-11(2)5-4-6-13(14)9-12/h9-10H,3-8H2,1-2H3. The number of ether oxygens (including phenoxy) is 1. The van der Waals surface area contributed by atoms with Crippen LogP contribution in [-0.4, -0.2) is 12.6 Å². The first-order valence-corrected chi connectivity index (χ1v) is 6.47. The van der Waals surface area contributed by atoms with E-state index in [9.17, 15) is 4.79 Å². The summed E-state index contributed by atoms with van der Waals surface area (Å²) >= 11 is 0. The minimum absolute atomic E-state index is 0.209. The fraction of sp³-hybridized carbons (Fsp3) is 0.533. The molecule has 0 aliphatic heterocycles. The summed E-state index contributed by atoms with van der Waals surface area (Å²) < 4.78 is 4.95. The van der Waals surface area contributed by atoms with E-state index in [1.165, 1.54) is 29.6 Å². The molecule has 0 atom stereocenters. The Morgan fingerprint density at radius 2 is 2.18 bits per heavy atom. The Morgan fingerprint density at radius 1 is 1.35 bits per heavy atom. The van der Waals surface area contributed by atoms with Crippen LogP contribution < -0.4 is 0 Å². The highest BCUT2D eigenvalue weighted by Crippen LogP contribution is 2.37. The van der Waals surface area contributed by atoms with Crippen molar-refractivity contribution >= 4 is 5.97 Å². The Labute approximate surface area is 103 Å². The van der Waals surface area contributed by atoms with Gasteiger partial charge < -0.3 is 4.74 Å². The van der Waals surface area contributed by atoms with Gasteiger partial charge in [0.2, 0.25) is 0 Å². The van der Waals surface area contributed by atoms with Crippen molar-refractivity contribution in [3.63, 3.8) is 0 Å². The van der Waals surface area contributed by atoms with Crippen LogP contribution in [0.2, 0.25) is 0 Å². The molecule has 0 amide bonds. The van der Waals surface area contributed by atoms with Crippen molar-refractivity contribution in [2.45, 2.75) is 46.0 Å². The molecule has 2 aliphatic rings. The lowest BCUT2D eigenvalue weighted by Crippen LogP contribution is -2.08. The van der Waals surface area contributed by atoms with Gasteiger partial charge in [0.05, 0.1) is 6.61 Å². The molecule has 2 rings (SSSR count). The molecule has 2 aliphatic carbocycles. The summed E-state index contributed by atoms with van der Waals surface area (Å²) in [5.74, 6) is -0.209. The minimum atomic E-state index is -0.209. The van der Waals surface area contributed by atoms with Crippen LogP contribution in [0.5, 0.6) is 0 Å². The molecule has 0 bridgehead atoms. The van der Waals surface area contributed by atoms with E-state index in [0.29, 0.717) is 6.61 Å². The summed E-state index contributed by atoms with van der Waals surface area (Å²) in [6.07, 6.45) is 9.54. The molecule has 2 heteroatoms. The molecule has 0 unspecified atom stereocenters. The van der Waals surface area contributed by atoms with E-state index in [-0.39, 0.29) is 5.97 Å². The molecule has 0 saturated heterocycles. The van der Waals surface area contributed by atoms with Crippen LogP contribution in [-0.2, 0) is 9.53 Å². The van der Waals surface area contributed by atoms with Crippen molar-refractivity contribution in [2.75, 3.05) is 6.61 Å². The predicted octanol–water partition coefficient (Wildman–Crippen LogP) is 3.70. The topological polar surface area (TPSA) is 26.3 Å². The third-order valence-electron chi connectivity index (χ3n) is 3.51. The molecule has 0 spiro atoms. The van der Waals surface area contributed by atoms with Crippen LogP contribution in [0.3, 0.4) is 0 Å².